The number of benzene rings is 1. The molecule has 0 aromatic heterocycles. The number of guanidine groups is 1. The maximum absolute atomic E-state index is 9.72. The minimum Gasteiger partial charge on any atom is -0.393 e. The lowest BCUT2D eigenvalue weighted by Crippen LogP contribution is -2.46. The number of halogens is 1. The Bertz CT molecular complexity index is 624. The van der Waals surface area contributed by atoms with Crippen LogP contribution in [0.15, 0.2) is 29.3 Å². The normalized spacial score (nSPS) is 25.8. The van der Waals surface area contributed by atoms with Crippen molar-refractivity contribution in [3.63, 3.8) is 0 Å². The van der Waals surface area contributed by atoms with Crippen LogP contribution in [0, 0.1) is 0 Å². The van der Waals surface area contributed by atoms with Crippen LogP contribution in [0.4, 0.5) is 0 Å². The van der Waals surface area contributed by atoms with Crippen LogP contribution in [-0.4, -0.2) is 49.5 Å². The average molecular weight is 394 g/mol. The van der Waals surface area contributed by atoms with Crippen LogP contribution in [0.5, 0.6) is 0 Å². The highest BCUT2D eigenvalue weighted by molar-refractivity contribution is 6.30. The number of hydrogen-bond donors (Lipinski definition) is 3. The standard InChI is InChI=1S/C21H32ClN3O2/c1-2-23-20(25-18-6-8-19(26)9-7-18)24-15-21(10-12-27-13-11-21)16-4-3-5-17(22)14-16/h3-5,14,18-19,26H,2,6-13,15H2,1H3,(H2,23,24,25). The molecule has 5 nitrogen and oxygen atoms in total. The molecule has 1 aromatic carbocycles. The third-order valence-electron chi connectivity index (χ3n) is 5.81. The van der Waals surface area contributed by atoms with Gasteiger partial charge in [0.1, 0.15) is 0 Å². The van der Waals surface area contributed by atoms with Crippen molar-refractivity contribution in [2.45, 2.75) is 63.0 Å². The molecular formula is C21H32ClN3O2. The van der Waals surface area contributed by atoms with Crippen LogP contribution >= 0.6 is 11.6 Å². The number of nitrogens with zero attached hydrogens (tertiary/aromatic N) is 1. The molecule has 27 heavy (non-hydrogen) atoms. The van der Waals surface area contributed by atoms with E-state index in [9.17, 15) is 5.11 Å². The summed E-state index contributed by atoms with van der Waals surface area (Å²) in [6.45, 7) is 5.14. The van der Waals surface area contributed by atoms with Gasteiger partial charge in [-0.3, -0.25) is 4.99 Å². The summed E-state index contributed by atoms with van der Waals surface area (Å²) < 4.78 is 5.63. The number of nitrogens with one attached hydrogen (secondary N) is 2. The zero-order valence-electron chi connectivity index (χ0n) is 16.2. The van der Waals surface area contributed by atoms with Gasteiger partial charge in [-0.25, -0.2) is 0 Å². The van der Waals surface area contributed by atoms with E-state index in [2.05, 4.69) is 29.7 Å². The van der Waals surface area contributed by atoms with Gasteiger partial charge in [-0.2, -0.15) is 0 Å². The Balaban J connectivity index is 1.74. The van der Waals surface area contributed by atoms with Crippen molar-refractivity contribution in [3.05, 3.63) is 34.9 Å². The SMILES string of the molecule is CCNC(=NCC1(c2cccc(Cl)c2)CCOCC1)NC1CCC(O)CC1. The second-order valence-corrected chi connectivity index (χ2v) is 8.18. The molecule has 1 aliphatic heterocycles. The van der Waals surface area contributed by atoms with Gasteiger partial charge < -0.3 is 20.5 Å². The molecule has 0 amide bonds. The maximum atomic E-state index is 9.72. The molecule has 150 valence electrons. The molecule has 0 atom stereocenters. The molecular weight excluding hydrogens is 362 g/mol. The van der Waals surface area contributed by atoms with Crippen LogP contribution in [0.2, 0.25) is 5.02 Å². The fourth-order valence-corrected chi connectivity index (χ4v) is 4.27. The molecule has 6 heteroatoms. The van der Waals surface area contributed by atoms with E-state index in [0.29, 0.717) is 12.6 Å². The largest absolute Gasteiger partial charge is 0.393 e. The quantitative estimate of drug-likeness (QED) is 0.530. The van der Waals surface area contributed by atoms with Gasteiger partial charge in [-0.15, -0.1) is 0 Å². The highest BCUT2D eigenvalue weighted by Crippen LogP contribution is 2.36. The van der Waals surface area contributed by atoms with E-state index < -0.39 is 0 Å². The van der Waals surface area contributed by atoms with E-state index in [0.717, 1.165) is 69.3 Å². The van der Waals surface area contributed by atoms with Gasteiger partial charge in [0, 0.05) is 36.2 Å². The molecule has 0 bridgehead atoms. The van der Waals surface area contributed by atoms with Crippen molar-refractivity contribution >= 4 is 17.6 Å². The summed E-state index contributed by atoms with van der Waals surface area (Å²) in [5, 5.41) is 17.4. The number of aliphatic hydroxyl groups excluding tert-OH is 1. The Morgan fingerprint density at radius 3 is 2.67 bits per heavy atom. The molecule has 0 spiro atoms. The summed E-state index contributed by atoms with van der Waals surface area (Å²) in [7, 11) is 0. The Morgan fingerprint density at radius 2 is 2.00 bits per heavy atom. The Labute approximate surface area is 167 Å². The van der Waals surface area contributed by atoms with Gasteiger partial charge in [0.05, 0.1) is 12.6 Å². The van der Waals surface area contributed by atoms with E-state index in [1.54, 1.807) is 0 Å². The van der Waals surface area contributed by atoms with Crippen LogP contribution in [-0.2, 0) is 10.2 Å². The summed E-state index contributed by atoms with van der Waals surface area (Å²) >= 11 is 6.27. The molecule has 2 aliphatic rings. The summed E-state index contributed by atoms with van der Waals surface area (Å²) in [5.74, 6) is 0.867. The van der Waals surface area contributed by atoms with Crippen LogP contribution in [0.3, 0.4) is 0 Å². The van der Waals surface area contributed by atoms with Crippen LogP contribution in [0.1, 0.15) is 51.0 Å². The predicted octanol–water partition coefficient (Wildman–Crippen LogP) is 3.25. The number of aliphatic imine (C=N–C) groups is 1. The molecule has 3 rings (SSSR count). The molecule has 3 N–H and O–H groups in total. The molecule has 0 radical (unpaired) electrons. The van der Waals surface area contributed by atoms with E-state index >= 15 is 0 Å². The van der Waals surface area contributed by atoms with Crippen molar-refractivity contribution in [2.24, 2.45) is 4.99 Å². The monoisotopic (exact) mass is 393 g/mol. The third kappa shape index (κ3) is 5.59. The predicted molar refractivity (Wildman–Crippen MR) is 111 cm³/mol. The van der Waals surface area contributed by atoms with Gasteiger partial charge in [0.15, 0.2) is 5.96 Å². The minimum atomic E-state index is -0.143. The maximum Gasteiger partial charge on any atom is 0.191 e. The highest BCUT2D eigenvalue weighted by Gasteiger charge is 2.34. The van der Waals surface area contributed by atoms with E-state index in [1.807, 2.05) is 12.1 Å². The highest BCUT2D eigenvalue weighted by atomic mass is 35.5. The molecule has 1 aliphatic carbocycles. The molecule has 1 saturated heterocycles. The third-order valence-corrected chi connectivity index (χ3v) is 6.04. The topological polar surface area (TPSA) is 65.9 Å². The number of rotatable bonds is 5. The molecule has 0 unspecified atom stereocenters. The zero-order chi connectivity index (χ0) is 19.1. The number of aliphatic hydroxyl groups is 1. The summed E-state index contributed by atoms with van der Waals surface area (Å²) in [4.78, 5) is 4.96. The summed E-state index contributed by atoms with van der Waals surface area (Å²) in [6.07, 6.45) is 5.45. The second kappa shape index (κ2) is 9.76. The lowest BCUT2D eigenvalue weighted by molar-refractivity contribution is 0.0531. The first-order valence-corrected chi connectivity index (χ1v) is 10.6. The van der Waals surface area contributed by atoms with Crippen molar-refractivity contribution in [2.75, 3.05) is 26.3 Å². The Hall–Kier alpha value is -1.30. The summed E-state index contributed by atoms with van der Waals surface area (Å²) in [5.41, 5.74) is 1.22. The van der Waals surface area contributed by atoms with Crippen molar-refractivity contribution in [1.82, 2.24) is 10.6 Å². The van der Waals surface area contributed by atoms with Crippen LogP contribution < -0.4 is 10.6 Å². The summed E-state index contributed by atoms with van der Waals surface area (Å²) in [6, 6.07) is 8.56. The molecule has 1 saturated carbocycles. The van der Waals surface area contributed by atoms with Gasteiger partial charge in [0.25, 0.3) is 0 Å². The van der Waals surface area contributed by atoms with E-state index in [-0.39, 0.29) is 11.5 Å². The van der Waals surface area contributed by atoms with Gasteiger partial charge in [-0.05, 0) is 63.1 Å². The zero-order valence-corrected chi connectivity index (χ0v) is 17.0. The van der Waals surface area contributed by atoms with Gasteiger partial charge in [-0.1, -0.05) is 23.7 Å². The second-order valence-electron chi connectivity index (χ2n) is 7.75. The smallest absolute Gasteiger partial charge is 0.191 e. The first-order chi connectivity index (χ1) is 13.1. The van der Waals surface area contributed by atoms with E-state index in [4.69, 9.17) is 21.3 Å². The first kappa shape index (κ1) is 20.4. The fraction of sp³-hybridized carbons (Fsp3) is 0.667. The Kier molecular flexibility index (Phi) is 7.39. The Morgan fingerprint density at radius 1 is 1.26 bits per heavy atom. The molecule has 1 aromatic rings. The van der Waals surface area contributed by atoms with E-state index in [1.165, 1.54) is 5.56 Å². The average Bonchev–Trinajstić information content (AvgIpc) is 2.69. The van der Waals surface area contributed by atoms with Crippen LogP contribution in [0.25, 0.3) is 0 Å². The fourth-order valence-electron chi connectivity index (χ4n) is 4.08. The van der Waals surface area contributed by atoms with Crippen molar-refractivity contribution in [3.8, 4) is 0 Å². The lowest BCUT2D eigenvalue weighted by Gasteiger charge is -2.37. The van der Waals surface area contributed by atoms with Crippen molar-refractivity contribution < 1.29 is 9.84 Å². The molecule has 2 fully saturated rings. The van der Waals surface area contributed by atoms with Gasteiger partial charge in [0.2, 0.25) is 0 Å². The number of ether oxygens (including phenoxy) is 1. The first-order valence-electron chi connectivity index (χ1n) is 10.2. The number of hydrogen-bond acceptors (Lipinski definition) is 3. The van der Waals surface area contributed by atoms with Crippen molar-refractivity contribution in [1.29, 1.82) is 0 Å². The lowest BCUT2D eigenvalue weighted by atomic mass is 9.74. The molecule has 1 heterocycles. The minimum absolute atomic E-state index is 0.0335. The van der Waals surface area contributed by atoms with Gasteiger partial charge >= 0.3 is 0 Å².